The first-order valence-electron chi connectivity index (χ1n) is 12.7. The predicted octanol–water partition coefficient (Wildman–Crippen LogP) is 2.73. The summed E-state index contributed by atoms with van der Waals surface area (Å²) >= 11 is 0. The number of imidazole rings is 1. The standard InChI is InChI=1S/C27H25F2N7O7S/c1-35-8-7-32-24(35)15-10-14(44(40,41)27-34-12-17(26(38)39)36(27)2)4-6-19(15)42-22-16(28)11-33-25(21(22)29)43-20-9-13(23(30)31)3-5-18(20)37/h3-6,9-12,24,32,37H,7-8H2,1-2H3,(H3,30,31)(H,38,39). The Morgan fingerprint density at radius 3 is 2.50 bits per heavy atom. The Morgan fingerprint density at radius 2 is 1.86 bits per heavy atom. The largest absolute Gasteiger partial charge is 0.504 e. The lowest BCUT2D eigenvalue weighted by Gasteiger charge is -2.23. The number of aromatic hydroxyl groups is 1. The number of sulfone groups is 1. The molecule has 230 valence electrons. The number of amidine groups is 1. The number of nitrogen functional groups attached to an aromatic ring is 1. The van der Waals surface area contributed by atoms with E-state index in [1.165, 1.54) is 37.4 Å². The molecule has 0 saturated carbocycles. The van der Waals surface area contributed by atoms with Gasteiger partial charge >= 0.3 is 5.97 Å². The van der Waals surface area contributed by atoms with Gasteiger partial charge in [-0.1, -0.05) is 0 Å². The number of rotatable bonds is 9. The number of nitrogens with zero attached hydrogens (tertiary/aromatic N) is 4. The van der Waals surface area contributed by atoms with E-state index in [1.54, 1.807) is 7.05 Å². The van der Waals surface area contributed by atoms with Crippen LogP contribution in [0.4, 0.5) is 8.78 Å². The molecule has 1 aliphatic rings. The fourth-order valence-electron chi connectivity index (χ4n) is 4.53. The third-order valence-electron chi connectivity index (χ3n) is 6.82. The number of nitrogens with one attached hydrogen (secondary N) is 2. The van der Waals surface area contributed by atoms with Crippen LogP contribution in [0.1, 0.15) is 27.8 Å². The Labute approximate surface area is 248 Å². The Kier molecular flexibility index (Phi) is 7.94. The summed E-state index contributed by atoms with van der Waals surface area (Å²) in [5.74, 6) is -6.84. The Hall–Kier alpha value is -5.13. The molecule has 17 heteroatoms. The molecule has 2 aromatic heterocycles. The van der Waals surface area contributed by atoms with Crippen molar-refractivity contribution in [3.8, 4) is 28.9 Å². The summed E-state index contributed by atoms with van der Waals surface area (Å²) in [7, 11) is -1.36. The van der Waals surface area contributed by atoms with Gasteiger partial charge in [0.1, 0.15) is 17.3 Å². The maximum atomic E-state index is 15.6. The zero-order valence-corrected chi connectivity index (χ0v) is 23.9. The number of pyridine rings is 1. The van der Waals surface area contributed by atoms with Crippen LogP contribution >= 0.6 is 0 Å². The number of phenolic OH excluding ortho intramolecular Hbond substituents is 1. The highest BCUT2D eigenvalue weighted by atomic mass is 32.2. The Morgan fingerprint density at radius 1 is 1.11 bits per heavy atom. The molecule has 0 bridgehead atoms. The fourth-order valence-corrected chi connectivity index (χ4v) is 5.92. The van der Waals surface area contributed by atoms with Crippen LogP contribution in [0.2, 0.25) is 0 Å². The highest BCUT2D eigenvalue weighted by Crippen LogP contribution is 2.40. The smallest absolute Gasteiger partial charge is 0.354 e. The molecule has 1 unspecified atom stereocenters. The number of hydrogen-bond donors (Lipinski definition) is 5. The average molecular weight is 630 g/mol. The van der Waals surface area contributed by atoms with E-state index < -0.39 is 56.1 Å². The van der Waals surface area contributed by atoms with Crippen LogP contribution in [0.5, 0.6) is 28.9 Å². The summed E-state index contributed by atoms with van der Waals surface area (Å²) in [4.78, 5) is 20.4. The second-order valence-electron chi connectivity index (χ2n) is 9.69. The Bertz CT molecular complexity index is 1920. The first kappa shape index (κ1) is 30.3. The van der Waals surface area contributed by atoms with Crippen LogP contribution in [-0.2, 0) is 16.9 Å². The van der Waals surface area contributed by atoms with Gasteiger partial charge in [-0.25, -0.2) is 27.6 Å². The minimum Gasteiger partial charge on any atom is -0.504 e. The number of nitrogens with two attached hydrogens (primary N) is 1. The number of halogens is 2. The van der Waals surface area contributed by atoms with Crippen molar-refractivity contribution in [1.29, 1.82) is 5.41 Å². The normalized spacial score (nSPS) is 15.3. The first-order valence-corrected chi connectivity index (χ1v) is 14.2. The highest BCUT2D eigenvalue weighted by Gasteiger charge is 2.31. The molecule has 0 amide bonds. The molecule has 0 spiro atoms. The van der Waals surface area contributed by atoms with E-state index >= 15 is 4.39 Å². The van der Waals surface area contributed by atoms with Gasteiger partial charge in [-0.3, -0.25) is 15.6 Å². The van der Waals surface area contributed by atoms with E-state index in [1.807, 2.05) is 4.90 Å². The molecule has 6 N–H and O–H groups in total. The maximum absolute atomic E-state index is 15.6. The zero-order valence-electron chi connectivity index (χ0n) is 23.1. The van der Waals surface area contributed by atoms with E-state index in [0.29, 0.717) is 19.3 Å². The fraction of sp³-hybridized carbons (Fsp3) is 0.185. The molecule has 4 aromatic rings. The number of hydrogen-bond acceptors (Lipinski definition) is 11. The lowest BCUT2D eigenvalue weighted by atomic mass is 10.1. The van der Waals surface area contributed by atoms with Gasteiger partial charge in [0, 0.05) is 31.3 Å². The highest BCUT2D eigenvalue weighted by molar-refractivity contribution is 7.91. The van der Waals surface area contributed by atoms with Crippen molar-refractivity contribution in [2.75, 3.05) is 20.1 Å². The summed E-state index contributed by atoms with van der Waals surface area (Å²) in [5, 5.41) is 29.7. The van der Waals surface area contributed by atoms with Gasteiger partial charge in [0.2, 0.25) is 26.6 Å². The van der Waals surface area contributed by atoms with Gasteiger partial charge in [-0.15, -0.1) is 0 Å². The van der Waals surface area contributed by atoms with Gasteiger partial charge in [0.25, 0.3) is 5.88 Å². The number of aromatic carboxylic acids is 1. The molecule has 1 fully saturated rings. The number of ether oxygens (including phenoxy) is 2. The van der Waals surface area contributed by atoms with Crippen LogP contribution < -0.4 is 20.5 Å². The van der Waals surface area contributed by atoms with Crippen molar-refractivity contribution in [1.82, 2.24) is 24.8 Å². The van der Waals surface area contributed by atoms with Gasteiger partial charge in [0.05, 0.1) is 23.5 Å². The Balaban J connectivity index is 1.56. The second-order valence-corrected chi connectivity index (χ2v) is 11.5. The number of likely N-dealkylation sites (N-methyl/N-ethyl adjacent to an activating group) is 1. The number of aromatic nitrogens is 3. The van der Waals surface area contributed by atoms with Gasteiger partial charge in [-0.05, 0) is 43.4 Å². The minimum atomic E-state index is -4.35. The maximum Gasteiger partial charge on any atom is 0.354 e. The average Bonchev–Trinajstić information content (AvgIpc) is 3.59. The summed E-state index contributed by atoms with van der Waals surface area (Å²) in [6.07, 6.45) is 0.926. The molecular weight excluding hydrogens is 604 g/mol. The van der Waals surface area contributed by atoms with Crippen LogP contribution in [0.25, 0.3) is 0 Å². The van der Waals surface area contributed by atoms with Crippen molar-refractivity contribution in [3.63, 3.8) is 0 Å². The topological polar surface area (TPSA) is 206 Å². The van der Waals surface area contributed by atoms with E-state index in [4.69, 9.17) is 20.6 Å². The van der Waals surface area contributed by atoms with E-state index in [9.17, 15) is 27.8 Å². The molecule has 5 rings (SSSR count). The molecule has 1 aliphatic heterocycles. The lowest BCUT2D eigenvalue weighted by molar-refractivity contribution is 0.0685. The van der Waals surface area contributed by atoms with Crippen molar-refractivity contribution in [2.24, 2.45) is 12.8 Å². The molecule has 2 aromatic carbocycles. The van der Waals surface area contributed by atoms with E-state index in [-0.39, 0.29) is 39.1 Å². The van der Waals surface area contributed by atoms with Crippen LogP contribution in [0.15, 0.2) is 58.8 Å². The van der Waals surface area contributed by atoms with Crippen molar-refractivity contribution in [3.05, 3.63) is 77.2 Å². The van der Waals surface area contributed by atoms with Crippen molar-refractivity contribution in [2.45, 2.75) is 16.2 Å². The predicted molar refractivity (Wildman–Crippen MR) is 149 cm³/mol. The number of carboxylic acids is 1. The van der Waals surface area contributed by atoms with Crippen LogP contribution in [0.3, 0.4) is 0 Å². The van der Waals surface area contributed by atoms with Crippen LogP contribution in [-0.4, -0.2) is 70.0 Å². The molecule has 1 saturated heterocycles. The van der Waals surface area contributed by atoms with Crippen LogP contribution in [0, 0.1) is 17.0 Å². The molecule has 14 nitrogen and oxygen atoms in total. The third kappa shape index (κ3) is 5.50. The molecule has 44 heavy (non-hydrogen) atoms. The first-order chi connectivity index (χ1) is 20.8. The SMILES string of the molecule is CN1CCNC1c1cc(S(=O)(=O)c2ncc(C(=O)O)n2C)ccc1Oc1c(F)cnc(Oc2cc(C(=N)N)ccc2O)c1F. The zero-order chi connectivity index (χ0) is 31.9. The third-order valence-corrected chi connectivity index (χ3v) is 8.56. The van der Waals surface area contributed by atoms with Gasteiger partial charge < -0.3 is 30.0 Å². The van der Waals surface area contributed by atoms with Gasteiger partial charge in [0.15, 0.2) is 17.3 Å². The number of carboxylic acid groups (broad SMARTS) is 1. The molecule has 3 heterocycles. The monoisotopic (exact) mass is 629 g/mol. The van der Waals surface area contributed by atoms with Crippen molar-refractivity contribution < 1.29 is 41.7 Å². The molecule has 0 aliphatic carbocycles. The number of benzene rings is 2. The van der Waals surface area contributed by atoms with E-state index in [0.717, 1.165) is 16.8 Å². The summed E-state index contributed by atoms with van der Waals surface area (Å²) in [6.45, 7) is 1.07. The molecule has 0 radical (unpaired) electrons. The quantitative estimate of drug-likeness (QED) is 0.134. The summed E-state index contributed by atoms with van der Waals surface area (Å²) in [5.41, 5.74) is 5.48. The molecule has 1 atom stereocenters. The second kappa shape index (κ2) is 11.5. The van der Waals surface area contributed by atoms with E-state index in [2.05, 4.69) is 15.3 Å². The van der Waals surface area contributed by atoms with Gasteiger partial charge in [-0.2, -0.15) is 4.39 Å². The number of carbonyl (C=O) groups is 1. The summed E-state index contributed by atoms with van der Waals surface area (Å²) in [6, 6.07) is 7.27. The minimum absolute atomic E-state index is 0.113. The van der Waals surface area contributed by atoms with Crippen molar-refractivity contribution >= 4 is 21.6 Å². The lowest BCUT2D eigenvalue weighted by Crippen LogP contribution is -2.24. The molecular formula is C27H25F2N7O7S. The number of phenols is 1. The summed E-state index contributed by atoms with van der Waals surface area (Å²) < 4.78 is 69.5.